The average Bonchev–Trinajstić information content (AvgIpc) is 3.27. The first-order chi connectivity index (χ1) is 11.7. The maximum Gasteiger partial charge on any atom is 0.422 e. The van der Waals surface area contributed by atoms with Crippen molar-refractivity contribution in [3.8, 4) is 5.88 Å². The molecule has 136 valence electrons. The van der Waals surface area contributed by atoms with Crippen molar-refractivity contribution in [3.63, 3.8) is 0 Å². The highest BCUT2D eigenvalue weighted by Crippen LogP contribution is 2.59. The van der Waals surface area contributed by atoms with Gasteiger partial charge in [0.25, 0.3) is 5.91 Å². The van der Waals surface area contributed by atoms with Gasteiger partial charge in [0.1, 0.15) is 0 Å². The number of rotatable bonds is 4. The standard InChI is InChI=1S/C16H17F3N2O4/c17-16(18,19)9-25-12-2-1-10(8-20-12)13(22)21-5-3-15(4-6-21)7-11(15)14(23)24/h1-2,8,11H,3-7,9H2,(H,23,24). The molecule has 1 aromatic heterocycles. The van der Waals surface area contributed by atoms with Crippen molar-refractivity contribution in [1.29, 1.82) is 0 Å². The Morgan fingerprint density at radius 2 is 2.00 bits per heavy atom. The molecular weight excluding hydrogens is 341 g/mol. The van der Waals surface area contributed by atoms with E-state index in [1.54, 1.807) is 4.90 Å². The number of ether oxygens (including phenoxy) is 1. The van der Waals surface area contributed by atoms with Crippen molar-refractivity contribution in [2.45, 2.75) is 25.4 Å². The van der Waals surface area contributed by atoms with Gasteiger partial charge in [0.2, 0.25) is 5.88 Å². The predicted octanol–water partition coefficient (Wildman–Crippen LogP) is 2.35. The van der Waals surface area contributed by atoms with Gasteiger partial charge in [-0.3, -0.25) is 9.59 Å². The zero-order valence-electron chi connectivity index (χ0n) is 13.3. The third-order valence-corrected chi connectivity index (χ3v) is 4.90. The summed E-state index contributed by atoms with van der Waals surface area (Å²) in [5.74, 6) is -1.55. The van der Waals surface area contributed by atoms with E-state index in [2.05, 4.69) is 9.72 Å². The number of likely N-dealkylation sites (tertiary alicyclic amines) is 1. The SMILES string of the molecule is O=C(O)C1CC12CCN(C(=O)c1ccc(OCC(F)(F)F)nc1)CC2. The fourth-order valence-electron chi connectivity index (χ4n) is 3.34. The third-order valence-electron chi connectivity index (χ3n) is 4.90. The number of carbonyl (C=O) groups excluding carboxylic acids is 1. The van der Waals surface area contributed by atoms with Crippen LogP contribution in [0.15, 0.2) is 18.3 Å². The van der Waals surface area contributed by atoms with Crippen LogP contribution in [-0.4, -0.2) is 52.7 Å². The van der Waals surface area contributed by atoms with Gasteiger partial charge in [-0.05, 0) is 30.7 Å². The zero-order valence-corrected chi connectivity index (χ0v) is 13.3. The van der Waals surface area contributed by atoms with Gasteiger partial charge in [0.15, 0.2) is 6.61 Å². The van der Waals surface area contributed by atoms with E-state index in [1.807, 2.05) is 0 Å². The van der Waals surface area contributed by atoms with E-state index in [0.29, 0.717) is 32.4 Å². The quantitative estimate of drug-likeness (QED) is 0.894. The number of carboxylic acids is 1. The molecule has 25 heavy (non-hydrogen) atoms. The minimum absolute atomic E-state index is 0.170. The second-order valence-electron chi connectivity index (χ2n) is 6.54. The number of pyridine rings is 1. The fourth-order valence-corrected chi connectivity index (χ4v) is 3.34. The summed E-state index contributed by atoms with van der Waals surface area (Å²) in [7, 11) is 0. The van der Waals surface area contributed by atoms with Gasteiger partial charge in [0.05, 0.1) is 11.5 Å². The molecule has 9 heteroatoms. The Bertz CT molecular complexity index is 667. The van der Waals surface area contributed by atoms with Gasteiger partial charge in [-0.15, -0.1) is 0 Å². The monoisotopic (exact) mass is 358 g/mol. The second-order valence-corrected chi connectivity index (χ2v) is 6.54. The minimum atomic E-state index is -4.45. The smallest absolute Gasteiger partial charge is 0.422 e. The van der Waals surface area contributed by atoms with Crippen molar-refractivity contribution in [2.75, 3.05) is 19.7 Å². The highest BCUT2D eigenvalue weighted by Gasteiger charge is 2.59. The first kappa shape index (κ1) is 17.5. The van der Waals surface area contributed by atoms with Gasteiger partial charge in [-0.25, -0.2) is 4.98 Å². The van der Waals surface area contributed by atoms with Gasteiger partial charge >= 0.3 is 12.1 Å². The molecule has 0 aromatic carbocycles. The minimum Gasteiger partial charge on any atom is -0.481 e. The number of aromatic nitrogens is 1. The molecule has 2 fully saturated rings. The topological polar surface area (TPSA) is 79.7 Å². The molecule has 2 aliphatic rings. The van der Waals surface area contributed by atoms with Crippen molar-refractivity contribution >= 4 is 11.9 Å². The molecule has 6 nitrogen and oxygen atoms in total. The average molecular weight is 358 g/mol. The lowest BCUT2D eigenvalue weighted by atomic mass is 9.90. The molecule has 0 radical (unpaired) electrons. The molecule has 2 heterocycles. The highest BCUT2D eigenvalue weighted by molar-refractivity contribution is 5.94. The van der Waals surface area contributed by atoms with Crippen LogP contribution in [0.2, 0.25) is 0 Å². The lowest BCUT2D eigenvalue weighted by Gasteiger charge is -2.32. The van der Waals surface area contributed by atoms with Crippen LogP contribution in [0, 0.1) is 11.3 Å². The van der Waals surface area contributed by atoms with Crippen LogP contribution in [0.1, 0.15) is 29.6 Å². The number of alkyl halides is 3. The van der Waals surface area contributed by atoms with Gasteiger partial charge in [0, 0.05) is 25.4 Å². The maximum atomic E-state index is 12.4. The Hall–Kier alpha value is -2.32. The van der Waals surface area contributed by atoms with Crippen LogP contribution in [0.4, 0.5) is 13.2 Å². The number of nitrogens with zero attached hydrogens (tertiary/aromatic N) is 2. The summed E-state index contributed by atoms with van der Waals surface area (Å²) in [4.78, 5) is 28.8. The first-order valence-corrected chi connectivity index (χ1v) is 7.88. The van der Waals surface area contributed by atoms with Gasteiger partial charge in [-0.1, -0.05) is 0 Å². The van der Waals surface area contributed by atoms with Crippen LogP contribution < -0.4 is 4.74 Å². The molecule has 1 saturated carbocycles. The number of aliphatic carboxylic acids is 1. The van der Waals surface area contributed by atoms with Crippen LogP contribution >= 0.6 is 0 Å². The van der Waals surface area contributed by atoms with Crippen LogP contribution in [-0.2, 0) is 4.79 Å². The molecule has 1 aliphatic heterocycles. The van der Waals surface area contributed by atoms with Crippen molar-refractivity contribution in [2.24, 2.45) is 11.3 Å². The molecule has 1 saturated heterocycles. The number of carboxylic acid groups (broad SMARTS) is 1. The Morgan fingerprint density at radius 3 is 2.48 bits per heavy atom. The fraction of sp³-hybridized carbons (Fsp3) is 0.562. The largest absolute Gasteiger partial charge is 0.481 e. The lowest BCUT2D eigenvalue weighted by Crippen LogP contribution is -2.40. The number of amides is 1. The summed E-state index contributed by atoms with van der Waals surface area (Å²) < 4.78 is 40.8. The summed E-state index contributed by atoms with van der Waals surface area (Å²) >= 11 is 0. The molecular formula is C16H17F3N2O4. The molecule has 1 atom stereocenters. The van der Waals surface area contributed by atoms with Crippen molar-refractivity contribution < 1.29 is 32.6 Å². The summed E-state index contributed by atoms with van der Waals surface area (Å²) in [6, 6.07) is 2.61. The predicted molar refractivity (Wildman–Crippen MR) is 79.1 cm³/mol. The number of hydrogen-bond acceptors (Lipinski definition) is 4. The molecule has 1 amide bonds. The number of carbonyl (C=O) groups is 2. The van der Waals surface area contributed by atoms with Crippen molar-refractivity contribution in [1.82, 2.24) is 9.88 Å². The zero-order chi connectivity index (χ0) is 18.2. The summed E-state index contributed by atoms with van der Waals surface area (Å²) in [5, 5.41) is 9.07. The van der Waals surface area contributed by atoms with Gasteiger partial charge < -0.3 is 14.7 Å². The molecule has 1 N–H and O–H groups in total. The lowest BCUT2D eigenvalue weighted by molar-refractivity contribution is -0.154. The van der Waals surface area contributed by atoms with E-state index in [0.717, 1.165) is 0 Å². The third kappa shape index (κ3) is 3.85. The van der Waals surface area contributed by atoms with Crippen molar-refractivity contribution in [3.05, 3.63) is 23.9 Å². The van der Waals surface area contributed by atoms with E-state index in [9.17, 15) is 22.8 Å². The summed E-state index contributed by atoms with van der Waals surface area (Å²) in [6.45, 7) is -0.504. The maximum absolute atomic E-state index is 12.4. The van der Waals surface area contributed by atoms with E-state index in [1.165, 1.54) is 18.3 Å². The van der Waals surface area contributed by atoms with Crippen LogP contribution in [0.5, 0.6) is 5.88 Å². The number of halogens is 3. The molecule has 1 aliphatic carbocycles. The number of piperidine rings is 1. The van der Waals surface area contributed by atoms with E-state index < -0.39 is 18.8 Å². The molecule has 3 rings (SSSR count). The van der Waals surface area contributed by atoms with Crippen LogP contribution in [0.25, 0.3) is 0 Å². The van der Waals surface area contributed by atoms with E-state index in [4.69, 9.17) is 5.11 Å². The molecule has 0 bridgehead atoms. The molecule has 1 unspecified atom stereocenters. The first-order valence-electron chi connectivity index (χ1n) is 7.88. The van der Waals surface area contributed by atoms with E-state index >= 15 is 0 Å². The Morgan fingerprint density at radius 1 is 1.32 bits per heavy atom. The Kier molecular flexibility index (Phi) is 4.34. The molecule has 1 aromatic rings. The number of hydrogen-bond donors (Lipinski definition) is 1. The Balaban J connectivity index is 1.54. The summed E-state index contributed by atoms with van der Waals surface area (Å²) in [5.41, 5.74) is 0.0942. The Labute approximate surface area is 141 Å². The normalized spacial score (nSPS) is 21.9. The van der Waals surface area contributed by atoms with Crippen LogP contribution in [0.3, 0.4) is 0 Å². The highest BCUT2D eigenvalue weighted by atomic mass is 19.4. The molecule has 1 spiro atoms. The summed E-state index contributed by atoms with van der Waals surface area (Å²) in [6.07, 6.45) is -1.30. The second kappa shape index (κ2) is 6.20. The van der Waals surface area contributed by atoms with E-state index in [-0.39, 0.29) is 28.7 Å². The van der Waals surface area contributed by atoms with Gasteiger partial charge in [-0.2, -0.15) is 13.2 Å².